The van der Waals surface area contributed by atoms with Crippen LogP contribution in [0, 0.1) is 0 Å². The van der Waals surface area contributed by atoms with Gasteiger partial charge in [0.1, 0.15) is 5.78 Å². The van der Waals surface area contributed by atoms with Crippen molar-refractivity contribution in [2.45, 2.75) is 33.0 Å². The van der Waals surface area contributed by atoms with E-state index in [1.807, 2.05) is 30.3 Å². The highest BCUT2D eigenvalue weighted by atomic mass is 31.2. The van der Waals surface area contributed by atoms with Gasteiger partial charge in [0.2, 0.25) is 5.91 Å². The Bertz CT molecular complexity index is 866. The number of hydrogen-bond acceptors (Lipinski definition) is 5. The van der Waals surface area contributed by atoms with Crippen LogP contribution in [0.15, 0.2) is 60.7 Å². The highest BCUT2D eigenvalue weighted by Gasteiger charge is 2.38. The first-order valence-electron chi connectivity index (χ1n) is 10.4. The Balaban J connectivity index is 2.24. The first kappa shape index (κ1) is 24.8. The van der Waals surface area contributed by atoms with Gasteiger partial charge in [0.25, 0.3) is 5.91 Å². The molecule has 2 amide bonds. The van der Waals surface area contributed by atoms with Gasteiger partial charge in [0.15, 0.2) is 0 Å². The van der Waals surface area contributed by atoms with E-state index >= 15 is 0 Å². The standard InChI is InChI=1S/C23H31N2O5P/c1-4-29-31(28,30-5-2)22(24-23(27)21-14-10-7-11-15-21)18-25(19(3)26)17-16-20-12-8-6-9-13-20/h6-15,22H,4-5,16-18H2,1-3H3,(H,24,27)/t22-/m1/s1. The summed E-state index contributed by atoms with van der Waals surface area (Å²) in [4.78, 5) is 26.7. The number of nitrogens with zero attached hydrogens (tertiary/aromatic N) is 1. The fourth-order valence-electron chi connectivity index (χ4n) is 3.12. The maximum absolute atomic E-state index is 13.5. The van der Waals surface area contributed by atoms with Crippen LogP contribution in [0.5, 0.6) is 0 Å². The number of amides is 2. The van der Waals surface area contributed by atoms with Gasteiger partial charge >= 0.3 is 7.60 Å². The summed E-state index contributed by atoms with van der Waals surface area (Å²) in [5, 5.41) is 2.78. The van der Waals surface area contributed by atoms with Gasteiger partial charge in [-0.25, -0.2) is 0 Å². The number of hydrogen-bond donors (Lipinski definition) is 1. The number of carbonyl (C=O) groups is 2. The maximum atomic E-state index is 13.5. The summed E-state index contributed by atoms with van der Waals surface area (Å²) in [6.45, 7) is 5.60. The second kappa shape index (κ2) is 12.4. The van der Waals surface area contributed by atoms with Crippen LogP contribution in [-0.2, 0) is 24.8 Å². The minimum absolute atomic E-state index is 0.0119. The predicted molar refractivity (Wildman–Crippen MR) is 121 cm³/mol. The zero-order valence-electron chi connectivity index (χ0n) is 18.3. The highest BCUT2D eigenvalue weighted by Crippen LogP contribution is 2.52. The average molecular weight is 446 g/mol. The van der Waals surface area contributed by atoms with E-state index in [0.717, 1.165) is 5.56 Å². The fourth-order valence-corrected chi connectivity index (χ4v) is 4.95. The molecule has 0 unspecified atom stereocenters. The summed E-state index contributed by atoms with van der Waals surface area (Å²) in [6, 6.07) is 18.4. The molecule has 2 aromatic carbocycles. The molecule has 0 aliphatic carbocycles. The smallest absolute Gasteiger partial charge is 0.340 e. The first-order chi connectivity index (χ1) is 14.9. The molecule has 0 aliphatic heterocycles. The Morgan fingerprint density at radius 2 is 1.52 bits per heavy atom. The minimum atomic E-state index is -3.72. The predicted octanol–water partition coefficient (Wildman–Crippen LogP) is 4.10. The Morgan fingerprint density at radius 3 is 2.03 bits per heavy atom. The van der Waals surface area contributed by atoms with Crippen molar-refractivity contribution in [1.82, 2.24) is 10.2 Å². The summed E-state index contributed by atoms with van der Waals surface area (Å²) in [6.07, 6.45) is 0.632. The van der Waals surface area contributed by atoms with Crippen molar-refractivity contribution >= 4 is 19.4 Å². The van der Waals surface area contributed by atoms with Crippen LogP contribution in [0.1, 0.15) is 36.7 Å². The zero-order chi connectivity index (χ0) is 22.7. The molecule has 8 heteroatoms. The number of carbonyl (C=O) groups excluding carboxylic acids is 2. The third-order valence-corrected chi connectivity index (χ3v) is 6.98. The van der Waals surface area contributed by atoms with Crippen LogP contribution in [-0.4, -0.2) is 48.8 Å². The Hall–Kier alpha value is -2.47. The van der Waals surface area contributed by atoms with Gasteiger partial charge in [0, 0.05) is 19.0 Å². The fraction of sp³-hybridized carbons (Fsp3) is 0.391. The van der Waals surface area contributed by atoms with Crippen molar-refractivity contribution in [2.24, 2.45) is 0 Å². The molecule has 7 nitrogen and oxygen atoms in total. The Kier molecular flexibility index (Phi) is 9.92. The van der Waals surface area contributed by atoms with Crippen LogP contribution in [0.25, 0.3) is 0 Å². The van der Waals surface area contributed by atoms with E-state index in [4.69, 9.17) is 9.05 Å². The molecule has 1 atom stereocenters. The molecular formula is C23H31N2O5P. The Morgan fingerprint density at radius 1 is 0.968 bits per heavy atom. The third-order valence-electron chi connectivity index (χ3n) is 4.69. The lowest BCUT2D eigenvalue weighted by atomic mass is 10.1. The lowest BCUT2D eigenvalue weighted by molar-refractivity contribution is -0.128. The van der Waals surface area contributed by atoms with Gasteiger partial charge in [0.05, 0.1) is 19.8 Å². The van der Waals surface area contributed by atoms with E-state index in [1.165, 1.54) is 6.92 Å². The lowest BCUT2D eigenvalue weighted by Crippen LogP contribution is -2.46. The van der Waals surface area contributed by atoms with E-state index in [-0.39, 0.29) is 25.7 Å². The normalized spacial score (nSPS) is 12.2. The summed E-state index contributed by atoms with van der Waals surface area (Å²) in [5.74, 6) is -1.59. The van der Waals surface area contributed by atoms with Crippen molar-refractivity contribution in [1.29, 1.82) is 0 Å². The molecule has 0 spiro atoms. The van der Waals surface area contributed by atoms with Crippen LogP contribution >= 0.6 is 7.60 Å². The molecule has 0 heterocycles. The molecule has 168 valence electrons. The molecule has 0 fully saturated rings. The van der Waals surface area contributed by atoms with Gasteiger partial charge in [-0.3, -0.25) is 14.2 Å². The second-order valence-corrected chi connectivity index (χ2v) is 9.15. The van der Waals surface area contributed by atoms with Crippen molar-refractivity contribution in [3.63, 3.8) is 0 Å². The maximum Gasteiger partial charge on any atom is 0.354 e. The largest absolute Gasteiger partial charge is 0.354 e. The molecule has 0 radical (unpaired) electrons. The zero-order valence-corrected chi connectivity index (χ0v) is 19.2. The molecule has 0 bridgehead atoms. The molecule has 2 aromatic rings. The van der Waals surface area contributed by atoms with E-state index in [0.29, 0.717) is 18.5 Å². The van der Waals surface area contributed by atoms with Crippen molar-refractivity contribution in [3.05, 3.63) is 71.8 Å². The van der Waals surface area contributed by atoms with Crippen LogP contribution in [0.2, 0.25) is 0 Å². The quantitative estimate of drug-likeness (QED) is 0.496. The molecule has 1 N–H and O–H groups in total. The van der Waals surface area contributed by atoms with Gasteiger partial charge < -0.3 is 19.3 Å². The van der Waals surface area contributed by atoms with Gasteiger partial charge in [-0.15, -0.1) is 0 Å². The average Bonchev–Trinajstić information content (AvgIpc) is 2.77. The summed E-state index contributed by atoms with van der Waals surface area (Å²) in [7, 11) is -3.72. The minimum Gasteiger partial charge on any atom is -0.340 e. The SMILES string of the molecule is CCOP(=O)(OCC)[C@H](CN(CCc1ccccc1)C(C)=O)NC(=O)c1ccccc1. The number of rotatable bonds is 12. The number of benzene rings is 2. The summed E-state index contributed by atoms with van der Waals surface area (Å²) in [5.41, 5.74) is 1.50. The van der Waals surface area contributed by atoms with E-state index in [2.05, 4.69) is 5.32 Å². The van der Waals surface area contributed by atoms with Crippen molar-refractivity contribution < 1.29 is 23.2 Å². The Labute approximate surface area is 184 Å². The van der Waals surface area contributed by atoms with Crippen LogP contribution in [0.3, 0.4) is 0 Å². The molecule has 0 saturated carbocycles. The molecule has 2 rings (SSSR count). The summed E-state index contributed by atoms with van der Waals surface area (Å²) >= 11 is 0. The third kappa shape index (κ3) is 7.62. The molecule has 31 heavy (non-hydrogen) atoms. The van der Waals surface area contributed by atoms with Crippen LogP contribution in [0.4, 0.5) is 0 Å². The summed E-state index contributed by atoms with van der Waals surface area (Å²) < 4.78 is 24.5. The van der Waals surface area contributed by atoms with E-state index < -0.39 is 19.3 Å². The van der Waals surface area contributed by atoms with Crippen molar-refractivity contribution in [3.8, 4) is 0 Å². The number of nitrogens with one attached hydrogen (secondary N) is 1. The second-order valence-electron chi connectivity index (χ2n) is 6.93. The first-order valence-corrected chi connectivity index (χ1v) is 12.0. The highest BCUT2D eigenvalue weighted by molar-refractivity contribution is 7.54. The van der Waals surface area contributed by atoms with Crippen molar-refractivity contribution in [2.75, 3.05) is 26.3 Å². The lowest BCUT2D eigenvalue weighted by Gasteiger charge is -2.31. The van der Waals surface area contributed by atoms with E-state index in [9.17, 15) is 14.2 Å². The van der Waals surface area contributed by atoms with Gasteiger partial charge in [-0.2, -0.15) is 0 Å². The van der Waals surface area contributed by atoms with E-state index in [1.54, 1.807) is 49.1 Å². The van der Waals surface area contributed by atoms with Gasteiger partial charge in [-0.05, 0) is 38.0 Å². The molecule has 0 aromatic heterocycles. The van der Waals surface area contributed by atoms with Gasteiger partial charge in [-0.1, -0.05) is 48.5 Å². The monoisotopic (exact) mass is 446 g/mol. The molecule has 0 aliphatic rings. The molecular weight excluding hydrogens is 415 g/mol. The van der Waals surface area contributed by atoms with Crippen LogP contribution < -0.4 is 5.32 Å². The topological polar surface area (TPSA) is 84.9 Å². The molecule has 0 saturated heterocycles.